The first kappa shape index (κ1) is 13.0. The number of hydrogen-bond donors (Lipinski definition) is 0. The van der Waals surface area contributed by atoms with Crippen LogP contribution < -0.4 is 0 Å². The van der Waals surface area contributed by atoms with Gasteiger partial charge in [-0.1, -0.05) is 13.5 Å². The average Bonchev–Trinajstić information content (AvgIpc) is 2.02. The largest absolute Gasteiger partial charge is 0.408 e. The van der Waals surface area contributed by atoms with Crippen LogP contribution in [-0.4, -0.2) is 17.2 Å². The lowest BCUT2D eigenvalue weighted by molar-refractivity contribution is -0.196. The highest BCUT2D eigenvalue weighted by atomic mass is 35.5. The molecule has 0 amide bonds. The zero-order valence-corrected chi connectivity index (χ0v) is 9.18. The molecule has 0 aromatic carbocycles. The molecular formula is C9H13ClO4. The number of carbonyl (C=O) groups is 2. The summed E-state index contributed by atoms with van der Waals surface area (Å²) in [4.78, 5) is 21.8. The van der Waals surface area contributed by atoms with E-state index < -0.39 is 17.2 Å². The summed E-state index contributed by atoms with van der Waals surface area (Å²) in [5, 5.41) is -1.72. The van der Waals surface area contributed by atoms with Gasteiger partial charge in [0.25, 0.3) is 0 Å². The summed E-state index contributed by atoms with van der Waals surface area (Å²) in [7, 11) is 0. The van der Waals surface area contributed by atoms with Crippen molar-refractivity contribution in [1.82, 2.24) is 0 Å². The number of ether oxygens (including phenoxy) is 2. The SMILES string of the molecule is C=C(C)C(=O)OC(Cl)(CC)OC(C)=O. The highest BCUT2D eigenvalue weighted by Gasteiger charge is 2.33. The van der Waals surface area contributed by atoms with Crippen LogP contribution in [0.2, 0.25) is 0 Å². The van der Waals surface area contributed by atoms with Crippen molar-refractivity contribution in [3.63, 3.8) is 0 Å². The van der Waals surface area contributed by atoms with Crippen LogP contribution in [0.3, 0.4) is 0 Å². The van der Waals surface area contributed by atoms with Gasteiger partial charge in [-0.2, -0.15) is 0 Å². The second kappa shape index (κ2) is 5.00. The predicted octanol–water partition coefficient (Wildman–Crippen LogP) is 1.97. The fraction of sp³-hybridized carbons (Fsp3) is 0.556. The minimum atomic E-state index is -1.72. The van der Waals surface area contributed by atoms with Gasteiger partial charge in [0.15, 0.2) is 0 Å². The Morgan fingerprint density at radius 1 is 1.36 bits per heavy atom. The van der Waals surface area contributed by atoms with E-state index in [9.17, 15) is 9.59 Å². The second-order valence-corrected chi connectivity index (χ2v) is 3.35. The summed E-state index contributed by atoms with van der Waals surface area (Å²) >= 11 is 5.73. The quantitative estimate of drug-likeness (QED) is 0.315. The number of halogens is 1. The number of rotatable bonds is 4. The molecule has 0 aromatic heterocycles. The second-order valence-electron chi connectivity index (χ2n) is 2.78. The lowest BCUT2D eigenvalue weighted by Crippen LogP contribution is -2.33. The predicted molar refractivity (Wildman–Crippen MR) is 51.5 cm³/mol. The molecular weight excluding hydrogens is 208 g/mol. The summed E-state index contributed by atoms with van der Waals surface area (Å²) in [6.45, 7) is 7.66. The summed E-state index contributed by atoms with van der Waals surface area (Å²) < 4.78 is 9.39. The Hall–Kier alpha value is -1.03. The van der Waals surface area contributed by atoms with E-state index in [4.69, 9.17) is 16.3 Å². The van der Waals surface area contributed by atoms with Crippen molar-refractivity contribution in [2.45, 2.75) is 32.4 Å². The van der Waals surface area contributed by atoms with E-state index in [0.717, 1.165) is 0 Å². The average molecular weight is 221 g/mol. The van der Waals surface area contributed by atoms with Gasteiger partial charge in [0.05, 0.1) is 0 Å². The van der Waals surface area contributed by atoms with Crippen LogP contribution in [0.15, 0.2) is 12.2 Å². The first-order valence-electron chi connectivity index (χ1n) is 4.08. The van der Waals surface area contributed by atoms with E-state index in [2.05, 4.69) is 11.3 Å². The lowest BCUT2D eigenvalue weighted by Gasteiger charge is -2.24. The molecule has 4 nitrogen and oxygen atoms in total. The van der Waals surface area contributed by atoms with Crippen LogP contribution in [0.1, 0.15) is 27.2 Å². The molecule has 14 heavy (non-hydrogen) atoms. The van der Waals surface area contributed by atoms with Gasteiger partial charge >= 0.3 is 17.2 Å². The molecule has 5 heteroatoms. The van der Waals surface area contributed by atoms with Crippen molar-refractivity contribution in [3.8, 4) is 0 Å². The van der Waals surface area contributed by atoms with Gasteiger partial charge in [-0.25, -0.2) is 4.79 Å². The molecule has 80 valence electrons. The monoisotopic (exact) mass is 220 g/mol. The third kappa shape index (κ3) is 4.28. The number of carbonyl (C=O) groups excluding carboxylic acids is 2. The maximum Gasteiger partial charge on any atom is 0.337 e. The molecule has 0 aromatic rings. The Kier molecular flexibility index (Phi) is 4.63. The van der Waals surface area contributed by atoms with Crippen molar-refractivity contribution in [2.24, 2.45) is 0 Å². The Morgan fingerprint density at radius 2 is 1.86 bits per heavy atom. The van der Waals surface area contributed by atoms with E-state index in [-0.39, 0.29) is 12.0 Å². The van der Waals surface area contributed by atoms with Gasteiger partial charge in [0.2, 0.25) is 0 Å². The fourth-order valence-electron chi connectivity index (χ4n) is 0.605. The summed E-state index contributed by atoms with van der Waals surface area (Å²) in [6, 6.07) is 0. The van der Waals surface area contributed by atoms with E-state index in [1.807, 2.05) is 0 Å². The minimum Gasteiger partial charge on any atom is -0.408 e. The molecule has 1 unspecified atom stereocenters. The zero-order valence-electron chi connectivity index (χ0n) is 8.43. The van der Waals surface area contributed by atoms with E-state index in [0.29, 0.717) is 0 Å². The molecule has 0 saturated heterocycles. The molecule has 0 spiro atoms. The van der Waals surface area contributed by atoms with E-state index in [1.54, 1.807) is 6.92 Å². The summed E-state index contributed by atoms with van der Waals surface area (Å²) in [6.07, 6.45) is 0.160. The van der Waals surface area contributed by atoms with Crippen LogP contribution in [0.5, 0.6) is 0 Å². The standard InChI is InChI=1S/C9H13ClO4/c1-5-9(10,13-7(4)11)14-8(12)6(2)3/h2,5H2,1,3-4H3. The Bertz CT molecular complexity index is 262. The van der Waals surface area contributed by atoms with Crippen LogP contribution in [0, 0.1) is 0 Å². The molecule has 0 fully saturated rings. The lowest BCUT2D eigenvalue weighted by atomic mass is 10.3. The molecule has 0 bridgehead atoms. The minimum absolute atomic E-state index is 0.160. The maximum atomic E-state index is 11.1. The molecule has 1 atom stereocenters. The van der Waals surface area contributed by atoms with E-state index >= 15 is 0 Å². The van der Waals surface area contributed by atoms with Crippen molar-refractivity contribution in [2.75, 3.05) is 0 Å². The van der Waals surface area contributed by atoms with Crippen LogP contribution in [0.25, 0.3) is 0 Å². The van der Waals surface area contributed by atoms with Gasteiger partial charge in [0, 0.05) is 18.9 Å². The third-order valence-corrected chi connectivity index (χ3v) is 1.73. The normalized spacial score (nSPS) is 14.0. The summed E-state index contributed by atoms with van der Waals surface area (Å²) in [5.74, 6) is -1.31. The summed E-state index contributed by atoms with van der Waals surface area (Å²) in [5.41, 5.74) is 0.190. The zero-order chi connectivity index (χ0) is 11.4. The highest BCUT2D eigenvalue weighted by molar-refractivity contribution is 6.23. The molecule has 0 heterocycles. The Labute approximate surface area is 87.8 Å². The topological polar surface area (TPSA) is 52.6 Å². The Morgan fingerprint density at radius 3 is 2.14 bits per heavy atom. The molecule has 0 saturated carbocycles. The van der Waals surface area contributed by atoms with Crippen molar-refractivity contribution < 1.29 is 19.1 Å². The first-order chi connectivity index (χ1) is 6.30. The fourth-order valence-corrected chi connectivity index (χ4v) is 0.784. The third-order valence-electron chi connectivity index (χ3n) is 1.31. The van der Waals surface area contributed by atoms with Gasteiger partial charge in [-0.3, -0.25) is 4.79 Å². The molecule has 0 aliphatic carbocycles. The van der Waals surface area contributed by atoms with Crippen LogP contribution >= 0.6 is 11.6 Å². The number of alkyl halides is 1. The first-order valence-corrected chi connectivity index (χ1v) is 4.46. The smallest absolute Gasteiger partial charge is 0.337 e. The van der Waals surface area contributed by atoms with Gasteiger partial charge in [-0.15, -0.1) is 0 Å². The molecule has 0 rings (SSSR count). The molecule has 0 aliphatic rings. The molecule has 0 aliphatic heterocycles. The van der Waals surface area contributed by atoms with Crippen molar-refractivity contribution in [3.05, 3.63) is 12.2 Å². The van der Waals surface area contributed by atoms with Crippen LogP contribution in [-0.2, 0) is 19.1 Å². The molecule has 0 radical (unpaired) electrons. The number of esters is 2. The van der Waals surface area contributed by atoms with Crippen molar-refractivity contribution >= 4 is 23.5 Å². The van der Waals surface area contributed by atoms with E-state index in [1.165, 1.54) is 13.8 Å². The Balaban J connectivity index is 4.47. The van der Waals surface area contributed by atoms with Crippen molar-refractivity contribution in [1.29, 1.82) is 0 Å². The highest BCUT2D eigenvalue weighted by Crippen LogP contribution is 2.24. The van der Waals surface area contributed by atoms with Gasteiger partial charge in [-0.05, 0) is 18.5 Å². The van der Waals surface area contributed by atoms with Gasteiger partial charge in [0.1, 0.15) is 0 Å². The molecule has 0 N–H and O–H groups in total. The number of hydrogen-bond acceptors (Lipinski definition) is 4. The van der Waals surface area contributed by atoms with Gasteiger partial charge < -0.3 is 9.47 Å². The maximum absolute atomic E-state index is 11.1. The van der Waals surface area contributed by atoms with Crippen LogP contribution in [0.4, 0.5) is 0 Å².